The first kappa shape index (κ1) is 9.67. The maximum absolute atomic E-state index is 5.22. The molecule has 0 unspecified atom stereocenters. The van der Waals surface area contributed by atoms with Gasteiger partial charge in [-0.3, -0.25) is 0 Å². The molecular formula is C9H12MgO2. The second kappa shape index (κ2) is 4.00. The fourth-order valence-electron chi connectivity index (χ4n) is 1.16. The predicted octanol–water partition coefficient (Wildman–Crippen LogP) is 1.82. The second-order valence-corrected chi connectivity index (χ2v) is 2.54. The van der Waals surface area contributed by atoms with E-state index in [1.165, 1.54) is 5.56 Å². The zero-order valence-electron chi connectivity index (χ0n) is 9.17. The molecule has 0 saturated carbocycles. The first-order chi connectivity index (χ1) is 5.40. The van der Waals surface area contributed by atoms with Gasteiger partial charge in [0.05, 0.1) is 0 Å². The van der Waals surface area contributed by atoms with Crippen molar-refractivity contribution in [2.75, 3.05) is 6.79 Å². The van der Waals surface area contributed by atoms with Gasteiger partial charge in [-0.2, -0.15) is 0 Å². The molecule has 0 atom stereocenters. The van der Waals surface area contributed by atoms with Gasteiger partial charge in [0.15, 0.2) is 11.5 Å². The molecule has 0 N–H and O–H groups in total. The number of hydrogen-bond donors (Lipinski definition) is 0. The Balaban J connectivity index is 0. The average Bonchev–Trinajstić information content (AvgIpc) is 2.50. The van der Waals surface area contributed by atoms with Gasteiger partial charge in [0.1, 0.15) is 0 Å². The van der Waals surface area contributed by atoms with Crippen LogP contribution in [-0.2, 0) is 6.42 Å². The molecule has 1 aromatic rings. The average molecular weight is 176 g/mol. The minimum absolute atomic E-state index is 0. The van der Waals surface area contributed by atoms with E-state index in [4.69, 9.17) is 9.47 Å². The smallest absolute Gasteiger partial charge is 1.00 e. The summed E-state index contributed by atoms with van der Waals surface area (Å²) in [5.41, 5.74) is 1.29. The van der Waals surface area contributed by atoms with Gasteiger partial charge in [-0.25, -0.2) is 0 Å². The number of rotatable bonds is 1. The fourth-order valence-corrected chi connectivity index (χ4v) is 1.16. The van der Waals surface area contributed by atoms with Crippen molar-refractivity contribution in [3.8, 4) is 11.5 Å². The van der Waals surface area contributed by atoms with Crippen molar-refractivity contribution in [2.45, 2.75) is 13.3 Å². The molecule has 3 heteroatoms. The first-order valence-electron chi connectivity index (χ1n) is 3.78. The normalized spacial score (nSPS) is 12.4. The van der Waals surface area contributed by atoms with Crippen LogP contribution in [0.4, 0.5) is 0 Å². The summed E-state index contributed by atoms with van der Waals surface area (Å²) in [4.78, 5) is 0. The summed E-state index contributed by atoms with van der Waals surface area (Å²) < 4.78 is 10.4. The van der Waals surface area contributed by atoms with Gasteiger partial charge in [0, 0.05) is 0 Å². The van der Waals surface area contributed by atoms with Crippen LogP contribution in [0.3, 0.4) is 0 Å². The van der Waals surface area contributed by atoms with E-state index in [9.17, 15) is 0 Å². The fraction of sp³-hybridized carbons (Fsp3) is 0.333. The van der Waals surface area contributed by atoms with Gasteiger partial charge < -0.3 is 12.3 Å². The van der Waals surface area contributed by atoms with Crippen molar-refractivity contribution in [2.24, 2.45) is 0 Å². The van der Waals surface area contributed by atoms with Crippen LogP contribution >= 0.6 is 0 Å². The number of ether oxygens (including phenoxy) is 2. The largest absolute Gasteiger partial charge is 2.00 e. The standard InChI is InChI=1S/C9H10O2.Mg.2H/c1-2-7-3-4-8-9(5-7)11-6-10-8;;;/h3-5H,2,6H2,1H3;;;/q;+2;2*-1. The van der Waals surface area contributed by atoms with Crippen LogP contribution in [0, 0.1) is 0 Å². The zero-order chi connectivity index (χ0) is 7.68. The summed E-state index contributed by atoms with van der Waals surface area (Å²) in [6.07, 6.45) is 1.04. The minimum atomic E-state index is 0. The third-order valence-corrected chi connectivity index (χ3v) is 1.85. The molecule has 1 heterocycles. The van der Waals surface area contributed by atoms with Gasteiger partial charge in [-0.05, 0) is 24.1 Å². The Labute approximate surface area is 91.0 Å². The number of aryl methyl sites for hydroxylation is 1. The molecule has 0 bridgehead atoms. The van der Waals surface area contributed by atoms with Crippen molar-refractivity contribution < 1.29 is 12.3 Å². The summed E-state index contributed by atoms with van der Waals surface area (Å²) in [5, 5.41) is 0. The zero-order valence-corrected chi connectivity index (χ0v) is 8.58. The quantitative estimate of drug-likeness (QED) is 0.608. The molecule has 0 spiro atoms. The topological polar surface area (TPSA) is 18.5 Å². The van der Waals surface area contributed by atoms with Crippen LogP contribution in [0.25, 0.3) is 0 Å². The van der Waals surface area contributed by atoms with Gasteiger partial charge >= 0.3 is 23.1 Å². The molecule has 1 aromatic carbocycles. The second-order valence-electron chi connectivity index (χ2n) is 2.54. The predicted molar refractivity (Wildman–Crippen MR) is 49.9 cm³/mol. The van der Waals surface area contributed by atoms with Crippen LogP contribution in [-0.4, -0.2) is 29.8 Å². The molecule has 12 heavy (non-hydrogen) atoms. The van der Waals surface area contributed by atoms with E-state index in [0.717, 1.165) is 17.9 Å². The van der Waals surface area contributed by atoms with E-state index in [-0.39, 0.29) is 25.9 Å². The number of fused-ring (bicyclic) bond motifs is 1. The van der Waals surface area contributed by atoms with E-state index >= 15 is 0 Å². The van der Waals surface area contributed by atoms with E-state index in [0.29, 0.717) is 6.79 Å². The molecular weight excluding hydrogens is 164 g/mol. The summed E-state index contributed by atoms with van der Waals surface area (Å²) >= 11 is 0. The maximum Gasteiger partial charge on any atom is 2.00 e. The summed E-state index contributed by atoms with van der Waals surface area (Å²) in [5.74, 6) is 1.74. The Morgan fingerprint density at radius 2 is 2.08 bits per heavy atom. The third kappa shape index (κ3) is 1.67. The molecule has 0 saturated heterocycles. The SMILES string of the molecule is CCc1ccc2c(c1)OCO2.[H-].[H-].[Mg+2]. The van der Waals surface area contributed by atoms with Gasteiger partial charge in [-0.15, -0.1) is 0 Å². The molecule has 0 aromatic heterocycles. The molecule has 2 rings (SSSR count). The number of hydrogen-bond acceptors (Lipinski definition) is 2. The Kier molecular flexibility index (Phi) is 3.23. The Morgan fingerprint density at radius 3 is 2.83 bits per heavy atom. The van der Waals surface area contributed by atoms with Crippen LogP contribution in [0.15, 0.2) is 18.2 Å². The summed E-state index contributed by atoms with van der Waals surface area (Å²) in [7, 11) is 0. The van der Waals surface area contributed by atoms with Gasteiger partial charge in [0.25, 0.3) is 0 Å². The molecule has 1 aliphatic heterocycles. The first-order valence-corrected chi connectivity index (χ1v) is 3.78. The molecule has 2 nitrogen and oxygen atoms in total. The van der Waals surface area contributed by atoms with E-state index in [2.05, 4.69) is 13.0 Å². The van der Waals surface area contributed by atoms with Crippen molar-refractivity contribution >= 4 is 23.1 Å². The molecule has 0 fully saturated rings. The third-order valence-electron chi connectivity index (χ3n) is 1.85. The van der Waals surface area contributed by atoms with Crippen molar-refractivity contribution in [3.63, 3.8) is 0 Å². The summed E-state index contributed by atoms with van der Waals surface area (Å²) in [6, 6.07) is 6.05. The summed E-state index contributed by atoms with van der Waals surface area (Å²) in [6.45, 7) is 2.49. The van der Waals surface area contributed by atoms with Gasteiger partial charge in [0.2, 0.25) is 6.79 Å². The van der Waals surface area contributed by atoms with Crippen molar-refractivity contribution in [1.82, 2.24) is 0 Å². The van der Waals surface area contributed by atoms with Crippen LogP contribution in [0.1, 0.15) is 15.3 Å². The molecule has 62 valence electrons. The molecule has 0 radical (unpaired) electrons. The Hall–Kier alpha value is -0.414. The Morgan fingerprint density at radius 1 is 1.33 bits per heavy atom. The van der Waals surface area contributed by atoms with Crippen LogP contribution < -0.4 is 9.47 Å². The number of benzene rings is 1. The maximum atomic E-state index is 5.22. The molecule has 0 amide bonds. The van der Waals surface area contributed by atoms with Crippen molar-refractivity contribution in [3.05, 3.63) is 23.8 Å². The monoisotopic (exact) mass is 176 g/mol. The van der Waals surface area contributed by atoms with E-state index in [1.54, 1.807) is 0 Å². The van der Waals surface area contributed by atoms with Crippen molar-refractivity contribution in [1.29, 1.82) is 0 Å². The van der Waals surface area contributed by atoms with E-state index in [1.807, 2.05) is 12.1 Å². The van der Waals surface area contributed by atoms with Gasteiger partial charge in [-0.1, -0.05) is 13.0 Å². The molecule has 1 aliphatic rings. The molecule has 0 aliphatic carbocycles. The minimum Gasteiger partial charge on any atom is -1.00 e. The van der Waals surface area contributed by atoms with Crippen LogP contribution in [0.5, 0.6) is 11.5 Å². The Bertz CT molecular complexity index is 282. The van der Waals surface area contributed by atoms with Crippen LogP contribution in [0.2, 0.25) is 0 Å². The van der Waals surface area contributed by atoms with E-state index < -0.39 is 0 Å².